The molecule has 0 saturated heterocycles. The summed E-state index contributed by atoms with van der Waals surface area (Å²) >= 11 is 3.50. The molecule has 0 aliphatic heterocycles. The Morgan fingerprint density at radius 2 is 2.13 bits per heavy atom. The van der Waals surface area contributed by atoms with E-state index in [1.165, 1.54) is 30.4 Å². The molecule has 0 aromatic heterocycles. The van der Waals surface area contributed by atoms with Crippen molar-refractivity contribution < 1.29 is 0 Å². The number of halogens is 1. The van der Waals surface area contributed by atoms with Gasteiger partial charge in [0.05, 0.1) is 0 Å². The quantitative estimate of drug-likeness (QED) is 0.845. The highest BCUT2D eigenvalue weighted by molar-refractivity contribution is 9.10. The second kappa shape index (κ2) is 6.29. The lowest BCUT2D eigenvalue weighted by Crippen LogP contribution is -2.17. The van der Waals surface area contributed by atoms with Gasteiger partial charge in [0.15, 0.2) is 0 Å². The SMILES string of the molecule is CCCCC(NC)c1ccc(Br)cc1C. The Labute approximate surface area is 101 Å². The first-order chi connectivity index (χ1) is 7.19. The largest absolute Gasteiger partial charge is 0.313 e. The Morgan fingerprint density at radius 1 is 1.40 bits per heavy atom. The molecule has 84 valence electrons. The number of aryl methyl sites for hydroxylation is 1. The van der Waals surface area contributed by atoms with E-state index in [1.807, 2.05) is 7.05 Å². The summed E-state index contributed by atoms with van der Waals surface area (Å²) in [6, 6.07) is 7.03. The molecule has 1 rings (SSSR count). The maximum atomic E-state index is 3.50. The molecule has 15 heavy (non-hydrogen) atoms. The van der Waals surface area contributed by atoms with E-state index in [9.17, 15) is 0 Å². The topological polar surface area (TPSA) is 12.0 Å². The van der Waals surface area contributed by atoms with E-state index in [1.54, 1.807) is 0 Å². The number of unbranched alkanes of at least 4 members (excludes halogenated alkanes) is 1. The third kappa shape index (κ3) is 3.62. The molecule has 1 unspecified atom stereocenters. The highest BCUT2D eigenvalue weighted by Crippen LogP contribution is 2.24. The van der Waals surface area contributed by atoms with Gasteiger partial charge in [-0.25, -0.2) is 0 Å². The van der Waals surface area contributed by atoms with Crippen LogP contribution in [0, 0.1) is 6.92 Å². The minimum absolute atomic E-state index is 0.498. The molecule has 1 nitrogen and oxygen atoms in total. The lowest BCUT2D eigenvalue weighted by atomic mass is 9.97. The van der Waals surface area contributed by atoms with Crippen molar-refractivity contribution in [2.45, 2.75) is 39.2 Å². The van der Waals surface area contributed by atoms with E-state index in [0.29, 0.717) is 6.04 Å². The molecule has 0 aliphatic carbocycles. The average Bonchev–Trinajstić information content (AvgIpc) is 2.21. The van der Waals surface area contributed by atoms with Crippen molar-refractivity contribution in [3.63, 3.8) is 0 Å². The Morgan fingerprint density at radius 3 is 2.67 bits per heavy atom. The van der Waals surface area contributed by atoms with Gasteiger partial charge >= 0.3 is 0 Å². The van der Waals surface area contributed by atoms with Crippen LogP contribution in [0.25, 0.3) is 0 Å². The standard InChI is InChI=1S/C13H20BrN/c1-4-5-6-13(15-3)12-8-7-11(14)9-10(12)2/h7-9,13,15H,4-6H2,1-3H3. The molecule has 1 N–H and O–H groups in total. The van der Waals surface area contributed by atoms with Crippen molar-refractivity contribution in [1.82, 2.24) is 5.32 Å². The molecular formula is C13H20BrN. The van der Waals surface area contributed by atoms with Crippen molar-refractivity contribution >= 4 is 15.9 Å². The van der Waals surface area contributed by atoms with Gasteiger partial charge in [-0.15, -0.1) is 0 Å². The second-order valence-corrected chi connectivity index (χ2v) is 4.90. The van der Waals surface area contributed by atoms with E-state index in [-0.39, 0.29) is 0 Å². The number of rotatable bonds is 5. The fourth-order valence-electron chi connectivity index (χ4n) is 1.89. The van der Waals surface area contributed by atoms with Gasteiger partial charge in [-0.05, 0) is 43.7 Å². The van der Waals surface area contributed by atoms with Crippen LogP contribution in [0.5, 0.6) is 0 Å². The highest BCUT2D eigenvalue weighted by Gasteiger charge is 2.10. The van der Waals surface area contributed by atoms with Gasteiger partial charge in [-0.3, -0.25) is 0 Å². The van der Waals surface area contributed by atoms with Crippen LogP contribution in [0.3, 0.4) is 0 Å². The van der Waals surface area contributed by atoms with Crippen LogP contribution in [-0.4, -0.2) is 7.05 Å². The fourth-order valence-corrected chi connectivity index (χ4v) is 2.37. The molecule has 1 aromatic carbocycles. The zero-order chi connectivity index (χ0) is 11.3. The Bertz CT molecular complexity index is 309. The molecule has 0 heterocycles. The van der Waals surface area contributed by atoms with Crippen LogP contribution < -0.4 is 5.32 Å². The van der Waals surface area contributed by atoms with Crippen LogP contribution in [0.4, 0.5) is 0 Å². The third-order valence-electron chi connectivity index (χ3n) is 2.80. The van der Waals surface area contributed by atoms with Gasteiger partial charge in [0.25, 0.3) is 0 Å². The van der Waals surface area contributed by atoms with Crippen LogP contribution >= 0.6 is 15.9 Å². The first kappa shape index (κ1) is 12.7. The van der Waals surface area contributed by atoms with Gasteiger partial charge in [0.2, 0.25) is 0 Å². The van der Waals surface area contributed by atoms with Crippen LogP contribution in [-0.2, 0) is 0 Å². The molecular weight excluding hydrogens is 250 g/mol. The summed E-state index contributed by atoms with van der Waals surface area (Å²) in [6.07, 6.45) is 3.75. The fraction of sp³-hybridized carbons (Fsp3) is 0.538. The van der Waals surface area contributed by atoms with Gasteiger partial charge < -0.3 is 5.32 Å². The number of benzene rings is 1. The summed E-state index contributed by atoms with van der Waals surface area (Å²) < 4.78 is 1.16. The molecule has 1 aromatic rings. The van der Waals surface area contributed by atoms with E-state index < -0.39 is 0 Å². The maximum Gasteiger partial charge on any atom is 0.0320 e. The summed E-state index contributed by atoms with van der Waals surface area (Å²) in [6.45, 7) is 4.41. The molecule has 1 atom stereocenters. The highest BCUT2D eigenvalue weighted by atomic mass is 79.9. The Kier molecular flexibility index (Phi) is 5.34. The van der Waals surface area contributed by atoms with Gasteiger partial charge in [0.1, 0.15) is 0 Å². The predicted molar refractivity (Wildman–Crippen MR) is 70.2 cm³/mol. The Hall–Kier alpha value is -0.340. The average molecular weight is 270 g/mol. The van der Waals surface area contributed by atoms with Crippen molar-refractivity contribution in [1.29, 1.82) is 0 Å². The smallest absolute Gasteiger partial charge is 0.0320 e. The van der Waals surface area contributed by atoms with E-state index >= 15 is 0 Å². The molecule has 0 fully saturated rings. The minimum Gasteiger partial charge on any atom is -0.313 e. The van der Waals surface area contributed by atoms with E-state index in [4.69, 9.17) is 0 Å². The summed E-state index contributed by atoms with van der Waals surface area (Å²) in [5, 5.41) is 3.40. The molecule has 0 aliphatic rings. The van der Waals surface area contributed by atoms with Gasteiger partial charge in [-0.2, -0.15) is 0 Å². The minimum atomic E-state index is 0.498. The maximum absolute atomic E-state index is 3.50. The van der Waals surface area contributed by atoms with Crippen LogP contribution in [0.2, 0.25) is 0 Å². The third-order valence-corrected chi connectivity index (χ3v) is 3.30. The zero-order valence-electron chi connectivity index (χ0n) is 9.81. The monoisotopic (exact) mass is 269 g/mol. The van der Waals surface area contributed by atoms with Crippen molar-refractivity contribution in [2.24, 2.45) is 0 Å². The van der Waals surface area contributed by atoms with Crippen molar-refractivity contribution in [3.05, 3.63) is 33.8 Å². The molecule has 0 bridgehead atoms. The first-order valence-electron chi connectivity index (χ1n) is 5.62. The van der Waals surface area contributed by atoms with Crippen molar-refractivity contribution in [2.75, 3.05) is 7.05 Å². The normalized spacial score (nSPS) is 12.8. The second-order valence-electron chi connectivity index (χ2n) is 3.98. The van der Waals surface area contributed by atoms with Gasteiger partial charge in [0, 0.05) is 10.5 Å². The number of hydrogen-bond acceptors (Lipinski definition) is 1. The Balaban J connectivity index is 2.81. The lowest BCUT2D eigenvalue weighted by Gasteiger charge is -2.18. The predicted octanol–water partition coefficient (Wildman–Crippen LogP) is 4.21. The van der Waals surface area contributed by atoms with E-state index in [0.717, 1.165) is 4.47 Å². The lowest BCUT2D eigenvalue weighted by molar-refractivity contribution is 0.520. The number of hydrogen-bond donors (Lipinski definition) is 1. The molecule has 0 amide bonds. The summed E-state index contributed by atoms with van der Waals surface area (Å²) in [7, 11) is 2.04. The van der Waals surface area contributed by atoms with Gasteiger partial charge in [-0.1, -0.05) is 41.8 Å². The number of nitrogens with one attached hydrogen (secondary N) is 1. The molecule has 0 spiro atoms. The van der Waals surface area contributed by atoms with Crippen LogP contribution in [0.15, 0.2) is 22.7 Å². The van der Waals surface area contributed by atoms with Crippen LogP contribution in [0.1, 0.15) is 43.4 Å². The molecule has 2 heteroatoms. The van der Waals surface area contributed by atoms with E-state index in [2.05, 4.69) is 53.3 Å². The molecule has 0 radical (unpaired) electrons. The summed E-state index contributed by atoms with van der Waals surface area (Å²) in [5.74, 6) is 0. The molecule has 0 saturated carbocycles. The van der Waals surface area contributed by atoms with Crippen molar-refractivity contribution in [3.8, 4) is 0 Å². The zero-order valence-corrected chi connectivity index (χ0v) is 11.4. The first-order valence-corrected chi connectivity index (χ1v) is 6.41. The summed E-state index contributed by atoms with van der Waals surface area (Å²) in [4.78, 5) is 0. The summed E-state index contributed by atoms with van der Waals surface area (Å²) in [5.41, 5.74) is 2.79.